The second kappa shape index (κ2) is 12.7. The molecular formula is C36H36Cl2N2Zr. The molecule has 2 aliphatic rings. The van der Waals surface area contributed by atoms with Gasteiger partial charge >= 0.3 is 37.9 Å². The summed E-state index contributed by atoms with van der Waals surface area (Å²) in [5.41, 5.74) is 16.9. The Morgan fingerprint density at radius 1 is 0.585 bits per heavy atom. The van der Waals surface area contributed by atoms with Gasteiger partial charge in [-0.2, -0.15) is 0 Å². The molecule has 0 aliphatic heterocycles. The van der Waals surface area contributed by atoms with Crippen molar-refractivity contribution in [3.05, 3.63) is 133 Å². The number of aryl methyl sites for hydroxylation is 4. The summed E-state index contributed by atoms with van der Waals surface area (Å²) in [6, 6.07) is 31.0. The SMILES string of the molecule is Cc1ccc2c(c1)c1c(n2C)-c2ccccc2C1.Cc1ccc2c(c1)c1c(n2C)-c2ccccc2C1.[CH3-].[CH3-].[Cl][Zr+2][Cl]. The predicted octanol–water partition coefficient (Wildman–Crippen LogP) is 10.4. The van der Waals surface area contributed by atoms with Crippen LogP contribution >= 0.6 is 17.0 Å². The van der Waals surface area contributed by atoms with Gasteiger partial charge in [-0.15, -0.1) is 0 Å². The number of hydrogen-bond donors (Lipinski definition) is 0. The molecule has 208 valence electrons. The van der Waals surface area contributed by atoms with Gasteiger partial charge in [-0.1, -0.05) is 71.8 Å². The molecule has 5 heteroatoms. The average Bonchev–Trinajstić information content (AvgIpc) is 3.64. The third kappa shape index (κ3) is 5.38. The quantitative estimate of drug-likeness (QED) is 0.144. The molecule has 0 saturated heterocycles. The van der Waals surface area contributed by atoms with Crippen molar-refractivity contribution in [3.8, 4) is 22.5 Å². The number of fused-ring (bicyclic) bond motifs is 10. The number of aromatic nitrogens is 2. The molecule has 0 bridgehead atoms. The molecule has 0 saturated carbocycles. The second-order valence-corrected chi connectivity index (χ2v) is 14.3. The molecule has 0 spiro atoms. The molecule has 2 aromatic heterocycles. The summed E-state index contributed by atoms with van der Waals surface area (Å²) in [6.45, 7) is 4.34. The summed E-state index contributed by atoms with van der Waals surface area (Å²) in [5, 5.41) is 2.84. The Kier molecular flexibility index (Phi) is 9.75. The summed E-state index contributed by atoms with van der Waals surface area (Å²) in [5.74, 6) is 0. The number of nitrogens with zero attached hydrogens (tertiary/aromatic N) is 2. The molecule has 41 heavy (non-hydrogen) atoms. The minimum atomic E-state index is -0.826. The van der Waals surface area contributed by atoms with E-state index < -0.39 is 20.8 Å². The van der Waals surface area contributed by atoms with Crippen molar-refractivity contribution in [1.29, 1.82) is 0 Å². The van der Waals surface area contributed by atoms with E-state index in [1.165, 1.54) is 77.7 Å². The normalized spacial score (nSPS) is 11.5. The molecule has 4 aromatic carbocycles. The summed E-state index contributed by atoms with van der Waals surface area (Å²) >= 11 is -0.826. The minimum absolute atomic E-state index is 0. The van der Waals surface area contributed by atoms with Crippen molar-refractivity contribution in [2.75, 3.05) is 0 Å². The number of rotatable bonds is 0. The molecule has 0 fully saturated rings. The first-order chi connectivity index (χ1) is 18.9. The van der Waals surface area contributed by atoms with Gasteiger partial charge in [-0.25, -0.2) is 0 Å². The topological polar surface area (TPSA) is 9.86 Å². The Labute approximate surface area is 263 Å². The van der Waals surface area contributed by atoms with Crippen LogP contribution in [0, 0.1) is 28.7 Å². The van der Waals surface area contributed by atoms with Gasteiger partial charge in [0.2, 0.25) is 0 Å². The zero-order chi connectivity index (χ0) is 27.3. The van der Waals surface area contributed by atoms with Gasteiger partial charge in [-0.3, -0.25) is 0 Å². The second-order valence-electron chi connectivity index (χ2n) is 10.6. The van der Waals surface area contributed by atoms with Gasteiger partial charge in [0.15, 0.2) is 0 Å². The number of hydrogen-bond acceptors (Lipinski definition) is 0. The molecule has 2 heterocycles. The van der Waals surface area contributed by atoms with Crippen LogP contribution < -0.4 is 0 Å². The fourth-order valence-corrected chi connectivity index (χ4v) is 6.51. The van der Waals surface area contributed by atoms with E-state index in [4.69, 9.17) is 17.0 Å². The number of halogens is 2. The number of benzene rings is 4. The van der Waals surface area contributed by atoms with Crippen LogP contribution in [-0.4, -0.2) is 9.13 Å². The van der Waals surface area contributed by atoms with Crippen LogP contribution in [0.3, 0.4) is 0 Å². The van der Waals surface area contributed by atoms with Crippen molar-refractivity contribution in [1.82, 2.24) is 9.13 Å². The maximum atomic E-state index is 4.93. The standard InChI is InChI=1S/2C17H15N.2CH3.2ClH.Zr/c2*1-11-7-8-16-14(9-11)15-10-12-5-3-4-6-13(12)17(15)18(16)2;;;;;/h2*3-9H,10H2,1-2H3;2*1H3;2*1H;/q;;2*-1;;;+4/p-2. The predicted molar refractivity (Wildman–Crippen MR) is 176 cm³/mol. The fraction of sp³-hybridized carbons (Fsp3) is 0.167. The average molecular weight is 659 g/mol. The van der Waals surface area contributed by atoms with Gasteiger partial charge < -0.3 is 24.0 Å². The van der Waals surface area contributed by atoms with Gasteiger partial charge in [0.05, 0.1) is 11.4 Å². The molecule has 2 nitrogen and oxygen atoms in total. The van der Waals surface area contributed by atoms with E-state index in [1.54, 1.807) is 0 Å². The van der Waals surface area contributed by atoms with E-state index in [0.29, 0.717) is 0 Å². The third-order valence-corrected chi connectivity index (χ3v) is 8.20. The van der Waals surface area contributed by atoms with Crippen LogP contribution in [0.15, 0.2) is 84.9 Å². The van der Waals surface area contributed by atoms with E-state index in [0.717, 1.165) is 12.8 Å². The van der Waals surface area contributed by atoms with E-state index in [9.17, 15) is 0 Å². The summed E-state index contributed by atoms with van der Waals surface area (Å²) in [4.78, 5) is 0. The molecule has 2 aliphatic carbocycles. The van der Waals surface area contributed by atoms with Crippen molar-refractivity contribution in [2.24, 2.45) is 14.1 Å². The molecule has 0 radical (unpaired) electrons. The molecule has 0 N–H and O–H groups in total. The van der Waals surface area contributed by atoms with Gasteiger partial charge in [0.1, 0.15) is 0 Å². The van der Waals surface area contributed by atoms with E-state index in [1.807, 2.05) is 0 Å². The Morgan fingerprint density at radius 2 is 0.951 bits per heavy atom. The van der Waals surface area contributed by atoms with Gasteiger partial charge in [0, 0.05) is 59.9 Å². The summed E-state index contributed by atoms with van der Waals surface area (Å²) in [7, 11) is 14.2. The first-order valence-electron chi connectivity index (χ1n) is 13.2. The van der Waals surface area contributed by atoms with Gasteiger partial charge in [-0.05, 0) is 60.4 Å². The molecule has 0 amide bonds. The van der Waals surface area contributed by atoms with Crippen LogP contribution in [0.2, 0.25) is 0 Å². The van der Waals surface area contributed by atoms with Crippen molar-refractivity contribution in [2.45, 2.75) is 26.7 Å². The molecule has 0 unspecified atom stereocenters. The van der Waals surface area contributed by atoms with Gasteiger partial charge in [0.25, 0.3) is 0 Å². The zero-order valence-electron chi connectivity index (χ0n) is 24.6. The van der Waals surface area contributed by atoms with Crippen LogP contribution in [0.4, 0.5) is 0 Å². The monoisotopic (exact) mass is 656 g/mol. The van der Waals surface area contributed by atoms with Crippen molar-refractivity contribution < 1.29 is 20.8 Å². The Morgan fingerprint density at radius 3 is 1.34 bits per heavy atom. The van der Waals surface area contributed by atoms with Crippen LogP contribution in [0.5, 0.6) is 0 Å². The Balaban J connectivity index is 0.000000165. The fourth-order valence-electron chi connectivity index (χ4n) is 6.51. The van der Waals surface area contributed by atoms with Crippen LogP contribution in [-0.2, 0) is 47.8 Å². The van der Waals surface area contributed by atoms with E-state index >= 15 is 0 Å². The van der Waals surface area contributed by atoms with Crippen LogP contribution in [0.1, 0.15) is 33.4 Å². The van der Waals surface area contributed by atoms with Crippen LogP contribution in [0.25, 0.3) is 44.3 Å². The summed E-state index contributed by atoms with van der Waals surface area (Å²) < 4.78 is 4.69. The third-order valence-electron chi connectivity index (χ3n) is 8.20. The van der Waals surface area contributed by atoms with Crippen molar-refractivity contribution in [3.63, 3.8) is 0 Å². The molecule has 8 rings (SSSR count). The first-order valence-corrected chi connectivity index (χ1v) is 19.5. The maximum absolute atomic E-state index is 4.93. The first kappa shape index (κ1) is 31.4. The Hall–Kier alpha value is -2.58. The van der Waals surface area contributed by atoms with E-state index in [2.05, 4.69) is 122 Å². The molecular weight excluding hydrogens is 623 g/mol. The Bertz CT molecular complexity index is 1730. The molecule has 0 atom stereocenters. The summed E-state index contributed by atoms with van der Waals surface area (Å²) in [6.07, 6.45) is 2.15. The van der Waals surface area contributed by atoms with Crippen molar-refractivity contribution >= 4 is 38.8 Å². The van der Waals surface area contributed by atoms with E-state index in [-0.39, 0.29) is 14.9 Å². The molecule has 6 aromatic rings. The zero-order valence-corrected chi connectivity index (χ0v) is 28.6.